The molecule has 3 atom stereocenters. The Morgan fingerprint density at radius 2 is 1.95 bits per heavy atom. The summed E-state index contributed by atoms with van der Waals surface area (Å²) in [6.07, 6.45) is 5.37. The lowest BCUT2D eigenvalue weighted by Gasteiger charge is -2.34. The van der Waals surface area contributed by atoms with E-state index in [9.17, 15) is 5.11 Å². The van der Waals surface area contributed by atoms with Gasteiger partial charge in [-0.3, -0.25) is 4.90 Å². The molecule has 2 aliphatic heterocycles. The number of hydrogen-bond donors (Lipinski definition) is 2. The highest BCUT2D eigenvalue weighted by molar-refractivity contribution is 5.27. The van der Waals surface area contributed by atoms with E-state index in [1.807, 2.05) is 12.1 Å². The van der Waals surface area contributed by atoms with Crippen molar-refractivity contribution >= 4 is 0 Å². The minimum Gasteiger partial charge on any atom is -0.508 e. The molecule has 0 saturated carbocycles. The molecule has 0 radical (unpaired) electrons. The Labute approximate surface area is 115 Å². The van der Waals surface area contributed by atoms with Gasteiger partial charge in [-0.25, -0.2) is 0 Å². The van der Waals surface area contributed by atoms with Crippen LogP contribution in [0.2, 0.25) is 0 Å². The molecule has 3 heteroatoms. The monoisotopic (exact) mass is 260 g/mol. The summed E-state index contributed by atoms with van der Waals surface area (Å²) in [5.41, 5.74) is 1.26. The number of nitrogens with zero attached hydrogens (tertiary/aromatic N) is 1. The van der Waals surface area contributed by atoms with E-state index in [2.05, 4.69) is 17.1 Å². The van der Waals surface area contributed by atoms with Gasteiger partial charge in [0.25, 0.3) is 0 Å². The summed E-state index contributed by atoms with van der Waals surface area (Å²) in [5.74, 6) is 0.343. The first kappa shape index (κ1) is 12.9. The molecule has 0 aliphatic carbocycles. The minimum absolute atomic E-state index is 0.343. The highest BCUT2D eigenvalue weighted by atomic mass is 16.3. The number of phenols is 1. The molecule has 3 unspecified atom stereocenters. The van der Waals surface area contributed by atoms with Crippen LogP contribution in [0.1, 0.15) is 44.2 Å². The van der Waals surface area contributed by atoms with Crippen LogP contribution in [0, 0.1) is 0 Å². The van der Waals surface area contributed by atoms with Gasteiger partial charge in [-0.15, -0.1) is 0 Å². The Morgan fingerprint density at radius 1 is 1.16 bits per heavy atom. The first-order valence-corrected chi connectivity index (χ1v) is 7.53. The van der Waals surface area contributed by atoms with Crippen LogP contribution < -0.4 is 5.32 Å². The third-order valence-corrected chi connectivity index (χ3v) is 4.71. The average Bonchev–Trinajstić information content (AvgIpc) is 2.83. The fourth-order valence-corrected chi connectivity index (χ4v) is 3.62. The fourth-order valence-electron chi connectivity index (χ4n) is 3.62. The number of fused-ring (bicyclic) bond motifs is 1. The second-order valence-corrected chi connectivity index (χ2v) is 5.97. The van der Waals surface area contributed by atoms with Crippen LogP contribution in [0.15, 0.2) is 24.3 Å². The zero-order valence-corrected chi connectivity index (χ0v) is 11.7. The molecule has 104 valence electrons. The number of hydrogen-bond acceptors (Lipinski definition) is 3. The van der Waals surface area contributed by atoms with Crippen LogP contribution >= 0.6 is 0 Å². The smallest absolute Gasteiger partial charge is 0.115 e. The molecule has 1 aromatic rings. The summed E-state index contributed by atoms with van der Waals surface area (Å²) < 4.78 is 0. The zero-order valence-electron chi connectivity index (χ0n) is 11.7. The van der Waals surface area contributed by atoms with E-state index in [0.29, 0.717) is 17.8 Å². The molecule has 0 spiro atoms. The lowest BCUT2D eigenvalue weighted by atomic mass is 9.97. The van der Waals surface area contributed by atoms with Crippen LogP contribution in [0.4, 0.5) is 0 Å². The molecule has 0 bridgehead atoms. The molecule has 3 nitrogen and oxygen atoms in total. The molecule has 1 aromatic carbocycles. The topological polar surface area (TPSA) is 35.5 Å². The molecule has 2 saturated heterocycles. The molecular weight excluding hydrogens is 236 g/mol. The largest absolute Gasteiger partial charge is 0.508 e. The van der Waals surface area contributed by atoms with Gasteiger partial charge in [0.05, 0.1) is 0 Å². The van der Waals surface area contributed by atoms with Crippen molar-refractivity contribution in [2.24, 2.45) is 0 Å². The van der Waals surface area contributed by atoms with Crippen LogP contribution in [0.3, 0.4) is 0 Å². The van der Waals surface area contributed by atoms with Crippen molar-refractivity contribution in [3.05, 3.63) is 29.8 Å². The summed E-state index contributed by atoms with van der Waals surface area (Å²) >= 11 is 0. The molecule has 0 aromatic heterocycles. The maximum Gasteiger partial charge on any atom is 0.115 e. The fraction of sp³-hybridized carbons (Fsp3) is 0.625. The Hall–Kier alpha value is -1.06. The average molecular weight is 260 g/mol. The normalized spacial score (nSPS) is 29.1. The van der Waals surface area contributed by atoms with E-state index in [4.69, 9.17) is 0 Å². The van der Waals surface area contributed by atoms with Gasteiger partial charge >= 0.3 is 0 Å². The number of phenolic OH excluding ortho intramolecular Hbond substituents is 1. The van der Waals surface area contributed by atoms with Crippen molar-refractivity contribution in [3.63, 3.8) is 0 Å². The Kier molecular flexibility index (Phi) is 3.76. The number of aromatic hydroxyl groups is 1. The van der Waals surface area contributed by atoms with E-state index in [0.717, 1.165) is 6.04 Å². The summed E-state index contributed by atoms with van der Waals surface area (Å²) in [4.78, 5) is 2.66. The Balaban J connectivity index is 1.63. The van der Waals surface area contributed by atoms with Crippen molar-refractivity contribution in [2.45, 2.75) is 50.7 Å². The van der Waals surface area contributed by atoms with Crippen molar-refractivity contribution in [3.8, 4) is 5.75 Å². The lowest BCUT2D eigenvalue weighted by Crippen LogP contribution is -2.45. The summed E-state index contributed by atoms with van der Waals surface area (Å²) in [6, 6.07) is 9.30. The van der Waals surface area contributed by atoms with E-state index in [-0.39, 0.29) is 0 Å². The predicted molar refractivity (Wildman–Crippen MR) is 77.3 cm³/mol. The second kappa shape index (κ2) is 5.51. The predicted octanol–water partition coefficient (Wildman–Crippen LogP) is 2.67. The quantitative estimate of drug-likeness (QED) is 0.877. The molecular formula is C16H24N2O. The van der Waals surface area contributed by atoms with Gasteiger partial charge in [0.15, 0.2) is 0 Å². The molecule has 3 rings (SSSR count). The van der Waals surface area contributed by atoms with Crippen molar-refractivity contribution < 1.29 is 5.11 Å². The van der Waals surface area contributed by atoms with Gasteiger partial charge in [-0.2, -0.15) is 0 Å². The number of nitrogens with one attached hydrogen (secondary N) is 1. The van der Waals surface area contributed by atoms with Crippen LogP contribution in [0.25, 0.3) is 0 Å². The Morgan fingerprint density at radius 3 is 2.74 bits per heavy atom. The highest BCUT2D eigenvalue weighted by Crippen LogP contribution is 2.29. The second-order valence-electron chi connectivity index (χ2n) is 5.97. The van der Waals surface area contributed by atoms with Crippen molar-refractivity contribution in [1.29, 1.82) is 0 Å². The van der Waals surface area contributed by atoms with Crippen molar-refractivity contribution in [2.75, 3.05) is 13.1 Å². The van der Waals surface area contributed by atoms with E-state index < -0.39 is 0 Å². The third kappa shape index (κ3) is 2.77. The van der Waals surface area contributed by atoms with Crippen LogP contribution in [-0.2, 0) is 0 Å². The number of benzene rings is 1. The maximum atomic E-state index is 9.35. The maximum absolute atomic E-state index is 9.35. The first-order valence-electron chi connectivity index (χ1n) is 7.53. The van der Waals surface area contributed by atoms with Gasteiger partial charge < -0.3 is 10.4 Å². The number of rotatable bonds is 3. The van der Waals surface area contributed by atoms with Gasteiger partial charge in [0, 0.05) is 24.7 Å². The number of piperidine rings is 1. The third-order valence-electron chi connectivity index (χ3n) is 4.71. The van der Waals surface area contributed by atoms with E-state index in [1.165, 1.54) is 44.3 Å². The van der Waals surface area contributed by atoms with Gasteiger partial charge in [-0.05, 0) is 50.4 Å². The van der Waals surface area contributed by atoms with Gasteiger partial charge in [-0.1, -0.05) is 18.6 Å². The van der Waals surface area contributed by atoms with E-state index in [1.54, 1.807) is 12.1 Å². The van der Waals surface area contributed by atoms with Crippen LogP contribution in [-0.4, -0.2) is 35.2 Å². The lowest BCUT2D eigenvalue weighted by molar-refractivity contribution is 0.177. The SMILES string of the molecule is CC(NC1CCN2CCCCC12)c1ccc(O)cc1. The molecule has 2 heterocycles. The van der Waals surface area contributed by atoms with E-state index >= 15 is 0 Å². The molecule has 2 fully saturated rings. The summed E-state index contributed by atoms with van der Waals surface area (Å²) in [5, 5.41) is 13.1. The molecule has 2 N–H and O–H groups in total. The van der Waals surface area contributed by atoms with Gasteiger partial charge in [0.2, 0.25) is 0 Å². The van der Waals surface area contributed by atoms with Gasteiger partial charge in [0.1, 0.15) is 5.75 Å². The molecule has 19 heavy (non-hydrogen) atoms. The highest BCUT2D eigenvalue weighted by Gasteiger charge is 2.35. The van der Waals surface area contributed by atoms with Crippen LogP contribution in [0.5, 0.6) is 5.75 Å². The summed E-state index contributed by atoms with van der Waals surface area (Å²) in [6.45, 7) is 4.76. The standard InChI is InChI=1S/C16H24N2O/c1-12(13-5-7-14(19)8-6-13)17-15-9-11-18-10-3-2-4-16(15)18/h5-8,12,15-17,19H,2-4,9-11H2,1H3. The Bertz CT molecular complexity index is 417. The molecule has 2 aliphatic rings. The summed E-state index contributed by atoms with van der Waals surface area (Å²) in [7, 11) is 0. The first-order chi connectivity index (χ1) is 9.24. The van der Waals surface area contributed by atoms with Crippen molar-refractivity contribution in [1.82, 2.24) is 10.2 Å². The molecule has 0 amide bonds. The minimum atomic E-state index is 0.343. The zero-order chi connectivity index (χ0) is 13.2.